The lowest BCUT2D eigenvalue weighted by molar-refractivity contribution is 0.256. The quantitative estimate of drug-likeness (QED) is 0.433. The van der Waals surface area contributed by atoms with Crippen LogP contribution in [0.5, 0.6) is 0 Å². The van der Waals surface area contributed by atoms with Crippen LogP contribution < -0.4 is 0 Å². The number of hydrogen-bond donors (Lipinski definition) is 0. The Labute approximate surface area is 107 Å². The first-order valence-corrected chi connectivity index (χ1v) is 7.32. The van der Waals surface area contributed by atoms with E-state index in [2.05, 4.69) is 4.76 Å². The maximum atomic E-state index is 12.4. The van der Waals surface area contributed by atoms with E-state index in [-0.39, 0.29) is 6.61 Å². The zero-order valence-corrected chi connectivity index (χ0v) is 11.5. The topological polar surface area (TPSA) is 59.0 Å². The minimum Gasteiger partial charge on any atom is -0.295 e. The van der Waals surface area contributed by atoms with Crippen molar-refractivity contribution in [2.45, 2.75) is 20.5 Å². The van der Waals surface area contributed by atoms with Crippen LogP contribution in [0, 0.1) is 0 Å². The molecule has 1 aromatic carbocycles. The van der Waals surface area contributed by atoms with Crippen LogP contribution in [0.1, 0.15) is 19.4 Å². The van der Waals surface area contributed by atoms with Gasteiger partial charge in [0.2, 0.25) is 6.08 Å². The molecule has 1 rings (SSSR count). The van der Waals surface area contributed by atoms with Crippen LogP contribution in [0.4, 0.5) is 0 Å². The summed E-state index contributed by atoms with van der Waals surface area (Å²) in [5.41, 5.74) is 0.881. The van der Waals surface area contributed by atoms with Gasteiger partial charge in [-0.05, 0) is 5.56 Å². The van der Waals surface area contributed by atoms with Crippen molar-refractivity contribution in [3.63, 3.8) is 0 Å². The predicted octanol–water partition coefficient (Wildman–Crippen LogP) is 2.99. The van der Waals surface area contributed by atoms with Gasteiger partial charge in [0.25, 0.3) is 0 Å². The number of nitrogens with zero attached hydrogens (tertiary/aromatic N) is 2. The van der Waals surface area contributed by atoms with E-state index in [9.17, 15) is 9.36 Å². The van der Waals surface area contributed by atoms with Crippen LogP contribution in [0.2, 0.25) is 0 Å². The molecule has 0 saturated carbocycles. The van der Waals surface area contributed by atoms with Crippen molar-refractivity contribution in [2.24, 2.45) is 4.76 Å². The van der Waals surface area contributed by atoms with Crippen molar-refractivity contribution in [1.29, 1.82) is 0 Å². The maximum absolute atomic E-state index is 12.4. The van der Waals surface area contributed by atoms with E-state index in [1.54, 1.807) is 0 Å². The summed E-state index contributed by atoms with van der Waals surface area (Å²) in [6, 6.07) is 9.33. The monoisotopic (exact) mass is 268 g/mol. The van der Waals surface area contributed by atoms with Gasteiger partial charge in [-0.15, -0.1) is 4.76 Å². The number of carbonyl (C=O) groups excluding carboxylic acids is 1. The first-order chi connectivity index (χ1) is 8.66. The Balaban J connectivity index is 2.81. The average molecular weight is 268 g/mol. The largest absolute Gasteiger partial charge is 0.400 e. The highest BCUT2D eigenvalue weighted by molar-refractivity contribution is 7.55. The molecular weight excluding hydrogens is 251 g/mol. The molecule has 6 heteroatoms. The predicted molar refractivity (Wildman–Crippen MR) is 69.9 cm³/mol. The van der Waals surface area contributed by atoms with Gasteiger partial charge in [0, 0.05) is 13.1 Å². The second kappa shape index (κ2) is 7.24. The minimum absolute atomic E-state index is 0.153. The molecule has 0 radical (unpaired) electrons. The van der Waals surface area contributed by atoms with Gasteiger partial charge in [-0.1, -0.05) is 44.2 Å². The zero-order valence-electron chi connectivity index (χ0n) is 10.6. The van der Waals surface area contributed by atoms with Crippen molar-refractivity contribution >= 4 is 13.8 Å². The number of benzene rings is 1. The first-order valence-electron chi connectivity index (χ1n) is 5.79. The summed E-state index contributed by atoms with van der Waals surface area (Å²) in [6.45, 7) is 4.81. The van der Waals surface area contributed by atoms with Crippen LogP contribution in [-0.4, -0.2) is 23.8 Å². The average Bonchev–Trinajstić information content (AvgIpc) is 2.39. The van der Waals surface area contributed by atoms with Gasteiger partial charge < -0.3 is 0 Å². The number of isocyanates is 1. The summed E-state index contributed by atoms with van der Waals surface area (Å²) < 4.78 is 22.7. The van der Waals surface area contributed by atoms with E-state index >= 15 is 0 Å². The molecule has 5 nitrogen and oxygen atoms in total. The Bertz CT molecular complexity index is 454. The molecule has 18 heavy (non-hydrogen) atoms. The van der Waals surface area contributed by atoms with Gasteiger partial charge in [-0.2, -0.15) is 0 Å². The molecule has 0 fully saturated rings. The van der Waals surface area contributed by atoms with Gasteiger partial charge in [0.15, 0.2) is 0 Å². The molecule has 0 heterocycles. The highest BCUT2D eigenvalue weighted by Crippen LogP contribution is 2.52. The van der Waals surface area contributed by atoms with E-state index in [1.807, 2.05) is 44.2 Å². The third kappa shape index (κ3) is 3.90. The second-order valence-electron chi connectivity index (χ2n) is 3.58. The van der Waals surface area contributed by atoms with Gasteiger partial charge in [-0.25, -0.2) is 14.0 Å². The fraction of sp³-hybridized carbons (Fsp3) is 0.417. The van der Waals surface area contributed by atoms with Crippen LogP contribution in [-0.2, 0) is 20.5 Å². The molecule has 0 spiro atoms. The molecule has 0 aromatic heterocycles. The fourth-order valence-electron chi connectivity index (χ4n) is 1.54. The highest BCUT2D eigenvalue weighted by atomic mass is 31.2. The Hall–Kier alpha value is -1.25. The molecule has 0 amide bonds. The molecule has 0 aliphatic carbocycles. The molecule has 0 aliphatic heterocycles. The standard InChI is InChI=1S/C12H17N2O3P/c1-3-14(4-2)18(16,13-11-15)17-10-12-8-6-5-7-9-12/h5-9H,3-4,10H2,1-2H3. The molecule has 1 unspecified atom stereocenters. The van der Waals surface area contributed by atoms with Crippen molar-refractivity contribution in [3.05, 3.63) is 35.9 Å². The summed E-state index contributed by atoms with van der Waals surface area (Å²) in [5.74, 6) is 0. The first kappa shape index (κ1) is 14.8. The summed E-state index contributed by atoms with van der Waals surface area (Å²) in [4.78, 5) is 10.4. The lowest BCUT2D eigenvalue weighted by atomic mass is 10.2. The van der Waals surface area contributed by atoms with Gasteiger partial charge in [0.1, 0.15) is 0 Å². The van der Waals surface area contributed by atoms with Crippen LogP contribution in [0.3, 0.4) is 0 Å². The Morgan fingerprint density at radius 2 is 1.89 bits per heavy atom. The van der Waals surface area contributed by atoms with Crippen LogP contribution >= 0.6 is 7.67 Å². The summed E-state index contributed by atoms with van der Waals surface area (Å²) in [7, 11) is -3.46. The SMILES string of the molecule is CCN(CC)P(=O)(N=C=O)OCc1ccccc1. The summed E-state index contributed by atoms with van der Waals surface area (Å²) in [5, 5.41) is 0. The molecule has 0 aliphatic rings. The van der Waals surface area contributed by atoms with E-state index in [0.717, 1.165) is 5.56 Å². The minimum atomic E-state index is -3.46. The number of rotatable bonds is 7. The van der Waals surface area contributed by atoms with E-state index in [4.69, 9.17) is 4.52 Å². The molecule has 0 N–H and O–H groups in total. The summed E-state index contributed by atoms with van der Waals surface area (Å²) in [6.07, 6.45) is 1.34. The molecular formula is C12H17N2O3P. The zero-order chi connectivity index (χ0) is 13.4. The van der Waals surface area contributed by atoms with Crippen LogP contribution in [0.15, 0.2) is 35.1 Å². The molecule has 1 aromatic rings. The smallest absolute Gasteiger partial charge is 0.295 e. The molecule has 0 bridgehead atoms. The van der Waals surface area contributed by atoms with Gasteiger partial charge in [0.05, 0.1) is 6.61 Å². The third-order valence-corrected chi connectivity index (χ3v) is 4.58. The van der Waals surface area contributed by atoms with Crippen molar-refractivity contribution in [1.82, 2.24) is 4.67 Å². The number of hydrogen-bond acceptors (Lipinski definition) is 3. The van der Waals surface area contributed by atoms with Crippen molar-refractivity contribution in [3.8, 4) is 0 Å². The lowest BCUT2D eigenvalue weighted by Gasteiger charge is -2.24. The second-order valence-corrected chi connectivity index (χ2v) is 5.58. The van der Waals surface area contributed by atoms with Gasteiger partial charge >= 0.3 is 7.67 Å². The Kier molecular flexibility index (Phi) is 5.96. The third-order valence-electron chi connectivity index (χ3n) is 2.50. The van der Waals surface area contributed by atoms with E-state index in [0.29, 0.717) is 13.1 Å². The summed E-state index contributed by atoms with van der Waals surface area (Å²) >= 11 is 0. The van der Waals surface area contributed by atoms with E-state index < -0.39 is 7.67 Å². The van der Waals surface area contributed by atoms with E-state index in [1.165, 1.54) is 10.8 Å². The molecule has 0 saturated heterocycles. The normalized spacial score (nSPS) is 13.9. The van der Waals surface area contributed by atoms with Crippen LogP contribution in [0.25, 0.3) is 0 Å². The fourth-order valence-corrected chi connectivity index (χ4v) is 3.02. The molecule has 1 atom stereocenters. The van der Waals surface area contributed by atoms with Crippen molar-refractivity contribution < 1.29 is 13.9 Å². The van der Waals surface area contributed by atoms with Crippen molar-refractivity contribution in [2.75, 3.05) is 13.1 Å². The maximum Gasteiger partial charge on any atom is 0.400 e. The van der Waals surface area contributed by atoms with Gasteiger partial charge in [-0.3, -0.25) is 4.52 Å². The lowest BCUT2D eigenvalue weighted by Crippen LogP contribution is -2.20. The Morgan fingerprint density at radius 1 is 1.28 bits per heavy atom. The highest BCUT2D eigenvalue weighted by Gasteiger charge is 2.29. The Morgan fingerprint density at radius 3 is 2.39 bits per heavy atom. The molecule has 98 valence electrons.